The zero-order chi connectivity index (χ0) is 19.9. The number of rotatable bonds is 6. The first kappa shape index (κ1) is 23.1. The molecule has 1 atom stereocenters. The summed E-state index contributed by atoms with van der Waals surface area (Å²) in [6, 6.07) is 13.7. The zero-order valence-electron chi connectivity index (χ0n) is 17.1. The molecular weight excluding hydrogens is 483 g/mol. The summed E-state index contributed by atoms with van der Waals surface area (Å²) in [5.74, 6) is 2.65. The SMILES string of the molecule is COc1ccccc1C(CN=C(N)Nc1ccc2c(c1)OCCCO2)N(C)C.I. The molecule has 158 valence electrons. The number of guanidine groups is 1. The van der Waals surface area contributed by atoms with Gasteiger partial charge in [-0.3, -0.25) is 4.99 Å². The number of hydrogen-bond donors (Lipinski definition) is 2. The second kappa shape index (κ2) is 11.1. The quantitative estimate of drug-likeness (QED) is 0.351. The number of nitrogens with two attached hydrogens (primary N) is 1. The van der Waals surface area contributed by atoms with E-state index in [0.717, 1.165) is 34.9 Å². The van der Waals surface area contributed by atoms with E-state index in [0.29, 0.717) is 25.7 Å². The van der Waals surface area contributed by atoms with Crippen LogP contribution in [0.5, 0.6) is 17.2 Å². The summed E-state index contributed by atoms with van der Waals surface area (Å²) in [5.41, 5.74) is 8.01. The number of nitrogens with zero attached hydrogens (tertiary/aromatic N) is 2. The lowest BCUT2D eigenvalue weighted by Gasteiger charge is -2.25. The monoisotopic (exact) mass is 512 g/mol. The molecule has 2 aromatic rings. The molecule has 1 aliphatic rings. The van der Waals surface area contributed by atoms with Crippen molar-refractivity contribution in [3.8, 4) is 17.2 Å². The van der Waals surface area contributed by atoms with Crippen molar-refractivity contribution in [2.75, 3.05) is 46.3 Å². The number of hydrogen-bond acceptors (Lipinski definition) is 5. The first-order valence-corrected chi connectivity index (χ1v) is 9.34. The number of methoxy groups -OCH3 is 1. The summed E-state index contributed by atoms with van der Waals surface area (Å²) in [7, 11) is 5.70. The van der Waals surface area contributed by atoms with Crippen molar-refractivity contribution in [2.24, 2.45) is 10.7 Å². The van der Waals surface area contributed by atoms with Crippen molar-refractivity contribution in [2.45, 2.75) is 12.5 Å². The van der Waals surface area contributed by atoms with Gasteiger partial charge in [-0.05, 0) is 32.3 Å². The molecule has 0 radical (unpaired) electrons. The lowest BCUT2D eigenvalue weighted by atomic mass is 10.0. The third-order valence-electron chi connectivity index (χ3n) is 4.58. The molecule has 0 saturated carbocycles. The summed E-state index contributed by atoms with van der Waals surface area (Å²) in [6.07, 6.45) is 0.871. The molecule has 1 heterocycles. The Morgan fingerprint density at radius 1 is 1.17 bits per heavy atom. The van der Waals surface area contributed by atoms with Crippen molar-refractivity contribution in [1.29, 1.82) is 0 Å². The summed E-state index contributed by atoms with van der Waals surface area (Å²) < 4.78 is 16.9. The molecule has 3 rings (SSSR count). The fourth-order valence-electron chi connectivity index (χ4n) is 3.09. The van der Waals surface area contributed by atoms with Gasteiger partial charge >= 0.3 is 0 Å². The highest BCUT2D eigenvalue weighted by atomic mass is 127. The molecule has 8 heteroatoms. The van der Waals surface area contributed by atoms with Gasteiger partial charge in [0.25, 0.3) is 0 Å². The van der Waals surface area contributed by atoms with Gasteiger partial charge in [-0.2, -0.15) is 0 Å². The van der Waals surface area contributed by atoms with Crippen molar-refractivity contribution < 1.29 is 14.2 Å². The molecule has 0 amide bonds. The van der Waals surface area contributed by atoms with Crippen LogP contribution in [0.1, 0.15) is 18.0 Å². The Kier molecular flexibility index (Phi) is 8.84. The molecule has 7 nitrogen and oxygen atoms in total. The van der Waals surface area contributed by atoms with Crippen LogP contribution in [0.25, 0.3) is 0 Å². The van der Waals surface area contributed by atoms with Gasteiger partial charge in [0.2, 0.25) is 0 Å². The predicted octanol–water partition coefficient (Wildman–Crippen LogP) is 3.50. The predicted molar refractivity (Wildman–Crippen MR) is 127 cm³/mol. The van der Waals surface area contributed by atoms with E-state index in [1.165, 1.54) is 0 Å². The lowest BCUT2D eigenvalue weighted by molar-refractivity contribution is 0.295. The summed E-state index contributed by atoms with van der Waals surface area (Å²) in [5, 5.41) is 3.13. The molecule has 29 heavy (non-hydrogen) atoms. The molecule has 3 N–H and O–H groups in total. The Balaban J connectivity index is 0.00000300. The number of nitrogens with one attached hydrogen (secondary N) is 1. The number of benzene rings is 2. The van der Waals surface area contributed by atoms with Crippen LogP contribution < -0.4 is 25.3 Å². The van der Waals surface area contributed by atoms with Crippen LogP contribution >= 0.6 is 24.0 Å². The van der Waals surface area contributed by atoms with Gasteiger partial charge in [0.1, 0.15) is 5.75 Å². The second-order valence-corrected chi connectivity index (χ2v) is 6.78. The molecule has 1 unspecified atom stereocenters. The van der Waals surface area contributed by atoms with Crippen LogP contribution in [-0.2, 0) is 0 Å². The highest BCUT2D eigenvalue weighted by Crippen LogP contribution is 2.32. The minimum atomic E-state index is 0. The first-order chi connectivity index (χ1) is 13.6. The van der Waals surface area contributed by atoms with E-state index < -0.39 is 0 Å². The first-order valence-electron chi connectivity index (χ1n) is 9.34. The van der Waals surface area contributed by atoms with E-state index in [9.17, 15) is 0 Å². The number of halogens is 1. The number of anilines is 1. The van der Waals surface area contributed by atoms with Gasteiger partial charge < -0.3 is 30.2 Å². The molecule has 0 aliphatic carbocycles. The van der Waals surface area contributed by atoms with Crippen molar-refractivity contribution >= 4 is 35.6 Å². The minimum absolute atomic E-state index is 0. The van der Waals surface area contributed by atoms with Crippen LogP contribution in [0.15, 0.2) is 47.5 Å². The van der Waals surface area contributed by atoms with Crippen LogP contribution in [0.3, 0.4) is 0 Å². The summed E-state index contributed by atoms with van der Waals surface area (Å²) in [4.78, 5) is 6.64. The number of likely N-dealkylation sites (N-methyl/N-ethyl adjacent to an activating group) is 1. The standard InChI is InChI=1S/C21H28N4O3.HI/c1-25(2)17(16-7-4-5-8-18(16)26-3)14-23-21(22)24-15-9-10-19-20(13-15)28-12-6-11-27-19;/h4-5,7-10,13,17H,6,11-12,14H2,1-3H3,(H3,22,23,24);1H. The fraction of sp³-hybridized carbons (Fsp3) is 0.381. The Hall–Kier alpha value is -2.20. The molecule has 0 spiro atoms. The Morgan fingerprint density at radius 3 is 2.62 bits per heavy atom. The normalized spacial score (nSPS) is 14.6. The van der Waals surface area contributed by atoms with Gasteiger partial charge in [-0.15, -0.1) is 24.0 Å². The summed E-state index contributed by atoms with van der Waals surface area (Å²) in [6.45, 7) is 1.80. The number of aliphatic imine (C=N–C) groups is 1. The van der Waals surface area contributed by atoms with Crippen molar-refractivity contribution in [3.63, 3.8) is 0 Å². The van der Waals surface area contributed by atoms with Crippen LogP contribution in [0, 0.1) is 0 Å². The van der Waals surface area contributed by atoms with Crippen LogP contribution in [0.2, 0.25) is 0 Å². The van der Waals surface area contributed by atoms with E-state index in [1.807, 2.05) is 56.6 Å². The molecule has 1 aliphatic heterocycles. The number of para-hydroxylation sites is 1. The molecule has 0 saturated heterocycles. The lowest BCUT2D eigenvalue weighted by Crippen LogP contribution is -2.27. The topological polar surface area (TPSA) is 81.3 Å². The van der Waals surface area contributed by atoms with Gasteiger partial charge in [0.15, 0.2) is 17.5 Å². The van der Waals surface area contributed by atoms with Gasteiger partial charge in [0, 0.05) is 23.7 Å². The third-order valence-corrected chi connectivity index (χ3v) is 4.58. The third kappa shape index (κ3) is 6.14. The maximum Gasteiger partial charge on any atom is 0.193 e. The van der Waals surface area contributed by atoms with Crippen LogP contribution in [-0.4, -0.2) is 51.8 Å². The van der Waals surface area contributed by atoms with Gasteiger partial charge in [0.05, 0.1) is 32.9 Å². The average Bonchev–Trinajstić information content (AvgIpc) is 2.93. The molecule has 0 fully saturated rings. The zero-order valence-corrected chi connectivity index (χ0v) is 19.4. The van der Waals surface area contributed by atoms with Gasteiger partial charge in [-0.1, -0.05) is 18.2 Å². The number of ether oxygens (including phenoxy) is 3. The van der Waals surface area contributed by atoms with E-state index >= 15 is 0 Å². The van der Waals surface area contributed by atoms with Crippen molar-refractivity contribution in [1.82, 2.24) is 4.90 Å². The fourth-order valence-corrected chi connectivity index (χ4v) is 3.09. The molecular formula is C21H29IN4O3. The smallest absolute Gasteiger partial charge is 0.193 e. The van der Waals surface area contributed by atoms with Crippen LogP contribution in [0.4, 0.5) is 5.69 Å². The molecule has 0 bridgehead atoms. The number of fused-ring (bicyclic) bond motifs is 1. The van der Waals surface area contributed by atoms with E-state index in [4.69, 9.17) is 19.9 Å². The average molecular weight is 512 g/mol. The Bertz CT molecular complexity index is 829. The molecule has 2 aromatic carbocycles. The van der Waals surface area contributed by atoms with E-state index in [1.54, 1.807) is 7.11 Å². The second-order valence-electron chi connectivity index (χ2n) is 6.78. The van der Waals surface area contributed by atoms with Gasteiger partial charge in [-0.25, -0.2) is 0 Å². The minimum Gasteiger partial charge on any atom is -0.496 e. The maximum absolute atomic E-state index is 6.13. The Morgan fingerprint density at radius 2 is 1.90 bits per heavy atom. The maximum atomic E-state index is 6.13. The van der Waals surface area contributed by atoms with Crippen molar-refractivity contribution in [3.05, 3.63) is 48.0 Å². The highest BCUT2D eigenvalue weighted by Gasteiger charge is 2.18. The van der Waals surface area contributed by atoms with E-state index in [-0.39, 0.29) is 30.0 Å². The largest absolute Gasteiger partial charge is 0.496 e. The Labute approximate surface area is 189 Å². The molecule has 0 aromatic heterocycles. The summed E-state index contributed by atoms with van der Waals surface area (Å²) >= 11 is 0. The highest BCUT2D eigenvalue weighted by molar-refractivity contribution is 14.0. The van der Waals surface area contributed by atoms with E-state index in [2.05, 4.69) is 15.2 Å².